The van der Waals surface area contributed by atoms with E-state index in [1.165, 1.54) is 0 Å². The van der Waals surface area contributed by atoms with Crippen molar-refractivity contribution in [3.05, 3.63) is 60.3 Å². The molecule has 3 aromatic rings. The molecule has 2 fully saturated rings. The molecular formula is C24H26N6O4S. The zero-order valence-corrected chi connectivity index (χ0v) is 20.1. The lowest BCUT2D eigenvalue weighted by atomic mass is 10.1. The Morgan fingerprint density at radius 3 is 2.71 bits per heavy atom. The maximum Gasteiger partial charge on any atom is 0.273 e. The molecule has 35 heavy (non-hydrogen) atoms. The fraction of sp³-hybridized carbons (Fsp3) is 0.375. The number of anilines is 1. The number of ether oxygens (including phenoxy) is 1. The number of hydrogen-bond donors (Lipinski definition) is 1. The van der Waals surface area contributed by atoms with E-state index in [9.17, 15) is 13.2 Å². The van der Waals surface area contributed by atoms with E-state index in [0.717, 1.165) is 18.4 Å². The Bertz CT molecular complexity index is 1330. The predicted octanol–water partition coefficient (Wildman–Crippen LogP) is 3.21. The zero-order valence-electron chi connectivity index (χ0n) is 19.3. The van der Waals surface area contributed by atoms with Gasteiger partial charge in [-0.2, -0.15) is 0 Å². The molecule has 0 spiro atoms. The number of hydrogen-bond acceptors (Lipinski definition) is 8. The summed E-state index contributed by atoms with van der Waals surface area (Å²) in [6.07, 6.45) is 7.69. The summed E-state index contributed by atoms with van der Waals surface area (Å²) >= 11 is 0. The van der Waals surface area contributed by atoms with Gasteiger partial charge in [-0.15, -0.1) is 0 Å². The molecule has 1 N–H and O–H groups in total. The van der Waals surface area contributed by atoms with E-state index < -0.39 is 10.0 Å². The molecule has 2 aliphatic rings. The highest BCUT2D eigenvalue weighted by atomic mass is 32.2. The Morgan fingerprint density at radius 2 is 1.97 bits per heavy atom. The number of aromatic nitrogens is 4. The molecule has 10 nitrogen and oxygen atoms in total. The van der Waals surface area contributed by atoms with Crippen LogP contribution in [0.2, 0.25) is 0 Å². The first-order chi connectivity index (χ1) is 16.9. The van der Waals surface area contributed by atoms with Crippen LogP contribution in [0.3, 0.4) is 0 Å². The predicted molar refractivity (Wildman–Crippen MR) is 129 cm³/mol. The Balaban J connectivity index is 1.32. The molecule has 1 aliphatic carbocycles. The summed E-state index contributed by atoms with van der Waals surface area (Å²) in [6.45, 7) is 2.94. The van der Waals surface area contributed by atoms with E-state index >= 15 is 0 Å². The standard InChI is InChI=1S/C24H26N6O4S/c1-2-34-23-15-25-14-20(28-23)16-8-11-19(26-13-16)24(31)30-12-4-6-21(30)18-5-3-7-22(27-18)29-35(32,33)17-9-10-17/h3,5,7-8,11,13-15,17,21H,2,4,6,9-10,12H2,1H3,(H,27,29). The van der Waals surface area contributed by atoms with Gasteiger partial charge in [-0.1, -0.05) is 6.07 Å². The Hall–Kier alpha value is -3.60. The van der Waals surface area contributed by atoms with Crippen LogP contribution in [-0.4, -0.2) is 57.6 Å². The number of rotatable bonds is 8. The van der Waals surface area contributed by atoms with Gasteiger partial charge >= 0.3 is 0 Å². The van der Waals surface area contributed by atoms with Crippen LogP contribution >= 0.6 is 0 Å². The van der Waals surface area contributed by atoms with Crippen molar-refractivity contribution in [3.8, 4) is 17.1 Å². The molecule has 0 radical (unpaired) electrons. The minimum Gasteiger partial charge on any atom is -0.477 e. The normalized spacial score (nSPS) is 17.9. The molecule has 1 saturated heterocycles. The first kappa shape index (κ1) is 23.2. The highest BCUT2D eigenvalue weighted by molar-refractivity contribution is 7.93. The van der Waals surface area contributed by atoms with Crippen molar-refractivity contribution in [3.63, 3.8) is 0 Å². The molecule has 1 aliphatic heterocycles. The number of likely N-dealkylation sites (tertiary alicyclic amines) is 1. The highest BCUT2D eigenvalue weighted by Gasteiger charge is 2.36. The van der Waals surface area contributed by atoms with Gasteiger partial charge in [-0.25, -0.2) is 18.4 Å². The van der Waals surface area contributed by atoms with Gasteiger partial charge in [-0.3, -0.25) is 19.5 Å². The molecular weight excluding hydrogens is 468 g/mol. The molecule has 5 rings (SSSR count). The molecule has 0 aromatic carbocycles. The third kappa shape index (κ3) is 5.09. The van der Waals surface area contributed by atoms with E-state index in [0.29, 0.717) is 49.0 Å². The minimum absolute atomic E-state index is 0.195. The number of sulfonamides is 1. The zero-order chi connectivity index (χ0) is 24.4. The lowest BCUT2D eigenvalue weighted by molar-refractivity contribution is 0.0727. The monoisotopic (exact) mass is 494 g/mol. The molecule has 4 heterocycles. The van der Waals surface area contributed by atoms with Crippen LogP contribution in [0.5, 0.6) is 5.88 Å². The smallest absolute Gasteiger partial charge is 0.273 e. The third-order valence-electron chi connectivity index (χ3n) is 6.02. The quantitative estimate of drug-likeness (QED) is 0.506. The van der Waals surface area contributed by atoms with Crippen molar-refractivity contribution in [2.24, 2.45) is 0 Å². The number of amides is 1. The van der Waals surface area contributed by atoms with Gasteiger partial charge in [0, 0.05) is 18.3 Å². The van der Waals surface area contributed by atoms with E-state index in [2.05, 4.69) is 24.7 Å². The van der Waals surface area contributed by atoms with Crippen molar-refractivity contribution in [1.82, 2.24) is 24.8 Å². The van der Waals surface area contributed by atoms with Gasteiger partial charge in [0.15, 0.2) is 0 Å². The lowest BCUT2D eigenvalue weighted by Crippen LogP contribution is -2.31. The highest BCUT2D eigenvalue weighted by Crippen LogP contribution is 2.34. The molecule has 1 unspecified atom stereocenters. The SMILES string of the molecule is CCOc1cncc(-c2ccc(C(=O)N3CCCC3c3cccc(NS(=O)(=O)C4CC4)n3)nc2)n1. The second-order valence-corrected chi connectivity index (χ2v) is 10.5. The molecule has 11 heteroatoms. The molecule has 1 amide bonds. The molecule has 3 aromatic heterocycles. The van der Waals surface area contributed by atoms with Crippen molar-refractivity contribution >= 4 is 21.7 Å². The largest absolute Gasteiger partial charge is 0.477 e. The van der Waals surface area contributed by atoms with E-state index in [4.69, 9.17) is 4.74 Å². The fourth-order valence-corrected chi connectivity index (χ4v) is 5.47. The Labute approximate surface area is 203 Å². The Kier molecular flexibility index (Phi) is 6.33. The van der Waals surface area contributed by atoms with Crippen LogP contribution in [-0.2, 0) is 10.0 Å². The second-order valence-electron chi connectivity index (χ2n) is 8.56. The van der Waals surface area contributed by atoms with Crippen LogP contribution < -0.4 is 9.46 Å². The van der Waals surface area contributed by atoms with Crippen molar-refractivity contribution in [2.45, 2.75) is 43.9 Å². The molecule has 1 atom stereocenters. The number of nitrogens with zero attached hydrogens (tertiary/aromatic N) is 5. The topological polar surface area (TPSA) is 127 Å². The van der Waals surface area contributed by atoms with E-state index in [1.807, 2.05) is 13.0 Å². The summed E-state index contributed by atoms with van der Waals surface area (Å²) < 4.78 is 32.6. The number of nitrogens with one attached hydrogen (secondary N) is 1. The number of pyridine rings is 2. The van der Waals surface area contributed by atoms with Crippen molar-refractivity contribution in [2.75, 3.05) is 17.9 Å². The first-order valence-corrected chi connectivity index (χ1v) is 13.2. The van der Waals surface area contributed by atoms with Crippen LogP contribution in [0.4, 0.5) is 5.82 Å². The van der Waals surface area contributed by atoms with Crippen molar-refractivity contribution < 1.29 is 17.9 Å². The summed E-state index contributed by atoms with van der Waals surface area (Å²) in [7, 11) is -3.41. The van der Waals surface area contributed by atoms with Gasteiger partial charge in [0.25, 0.3) is 5.91 Å². The second kappa shape index (κ2) is 9.57. The summed E-state index contributed by atoms with van der Waals surface area (Å²) in [5.74, 6) is 0.518. The summed E-state index contributed by atoms with van der Waals surface area (Å²) in [6, 6.07) is 8.44. The Morgan fingerprint density at radius 1 is 1.11 bits per heavy atom. The van der Waals surface area contributed by atoms with Crippen LogP contribution in [0.25, 0.3) is 11.3 Å². The summed E-state index contributed by atoms with van der Waals surface area (Å²) in [5.41, 5.74) is 2.31. The molecule has 0 bridgehead atoms. The summed E-state index contributed by atoms with van der Waals surface area (Å²) in [4.78, 5) is 32.5. The lowest BCUT2D eigenvalue weighted by Gasteiger charge is -2.24. The van der Waals surface area contributed by atoms with Crippen molar-refractivity contribution in [1.29, 1.82) is 0 Å². The van der Waals surface area contributed by atoms with Gasteiger partial charge in [0.2, 0.25) is 15.9 Å². The van der Waals surface area contributed by atoms with Crippen LogP contribution in [0.1, 0.15) is 54.8 Å². The average molecular weight is 495 g/mol. The number of carbonyl (C=O) groups is 1. The summed E-state index contributed by atoms with van der Waals surface area (Å²) in [5, 5.41) is -0.334. The molecule has 1 saturated carbocycles. The van der Waals surface area contributed by atoms with Gasteiger partial charge in [0.1, 0.15) is 11.5 Å². The van der Waals surface area contributed by atoms with E-state index in [1.54, 1.807) is 47.8 Å². The maximum atomic E-state index is 13.3. The molecule has 182 valence electrons. The van der Waals surface area contributed by atoms with Gasteiger partial charge < -0.3 is 9.64 Å². The number of carbonyl (C=O) groups excluding carboxylic acids is 1. The van der Waals surface area contributed by atoms with Gasteiger partial charge in [-0.05, 0) is 56.9 Å². The minimum atomic E-state index is -3.41. The maximum absolute atomic E-state index is 13.3. The first-order valence-electron chi connectivity index (χ1n) is 11.7. The van der Waals surface area contributed by atoms with Gasteiger partial charge in [0.05, 0.1) is 41.7 Å². The van der Waals surface area contributed by atoms with Crippen LogP contribution in [0, 0.1) is 0 Å². The van der Waals surface area contributed by atoms with Crippen LogP contribution in [0.15, 0.2) is 48.9 Å². The third-order valence-corrected chi connectivity index (χ3v) is 7.86. The fourth-order valence-electron chi connectivity index (χ4n) is 4.14. The van der Waals surface area contributed by atoms with E-state index in [-0.39, 0.29) is 23.0 Å². The average Bonchev–Trinajstić information content (AvgIpc) is 3.62.